The predicted octanol–water partition coefficient (Wildman–Crippen LogP) is 3.47. The van der Waals surface area contributed by atoms with Crippen LogP contribution in [0.1, 0.15) is 12.0 Å². The van der Waals surface area contributed by atoms with Crippen molar-refractivity contribution in [1.82, 2.24) is 0 Å². The Balaban J connectivity index is 2.31. The molecule has 0 amide bonds. The highest BCUT2D eigenvalue weighted by molar-refractivity contribution is 6.37. The molecule has 0 fully saturated rings. The van der Waals surface area contributed by atoms with Gasteiger partial charge in [-0.1, -0.05) is 35.9 Å². The van der Waals surface area contributed by atoms with Crippen LogP contribution in [-0.2, 0) is 4.79 Å². The third-order valence-electron chi connectivity index (χ3n) is 2.96. The molecule has 1 aliphatic heterocycles. The molecular formula is C14H10ClNO. The summed E-state index contributed by atoms with van der Waals surface area (Å²) in [7, 11) is 0. The van der Waals surface area contributed by atoms with Crippen molar-refractivity contribution in [2.75, 3.05) is 5.32 Å². The molecule has 1 aliphatic carbocycles. The minimum Gasteiger partial charge on any atom is -0.361 e. The van der Waals surface area contributed by atoms with Gasteiger partial charge >= 0.3 is 0 Å². The summed E-state index contributed by atoms with van der Waals surface area (Å²) in [5.74, 6) is 0.116. The monoisotopic (exact) mass is 243 g/mol. The number of hydrogen-bond donors (Lipinski definition) is 1. The van der Waals surface area contributed by atoms with Crippen LogP contribution in [0.4, 0.5) is 5.69 Å². The highest BCUT2D eigenvalue weighted by atomic mass is 35.5. The number of carbonyl (C=O) groups excluding carboxylic acids is 1. The Bertz CT molecular complexity index is 596. The van der Waals surface area contributed by atoms with Gasteiger partial charge in [0.25, 0.3) is 0 Å². The molecule has 0 atom stereocenters. The van der Waals surface area contributed by atoms with Crippen molar-refractivity contribution in [3.63, 3.8) is 0 Å². The zero-order valence-corrected chi connectivity index (χ0v) is 9.79. The molecule has 0 unspecified atom stereocenters. The first-order valence-corrected chi connectivity index (χ1v) is 5.81. The minimum atomic E-state index is 0.116. The standard InChI is InChI=1S/C14H10ClNO/c15-11-5-6-13(17)14-9(11)7-8-16-12-4-2-1-3-10(12)14/h1-5,7-8,16H,6H2. The van der Waals surface area contributed by atoms with E-state index in [1.807, 2.05) is 36.5 Å². The fourth-order valence-electron chi connectivity index (χ4n) is 2.16. The summed E-state index contributed by atoms with van der Waals surface area (Å²) in [6, 6.07) is 7.76. The van der Waals surface area contributed by atoms with Gasteiger partial charge in [-0.3, -0.25) is 4.79 Å². The zero-order chi connectivity index (χ0) is 11.8. The summed E-state index contributed by atoms with van der Waals surface area (Å²) in [5, 5.41) is 3.81. The molecule has 1 aromatic rings. The van der Waals surface area contributed by atoms with Gasteiger partial charge in [0, 0.05) is 40.1 Å². The largest absolute Gasteiger partial charge is 0.361 e. The molecule has 0 bridgehead atoms. The van der Waals surface area contributed by atoms with E-state index in [2.05, 4.69) is 5.32 Å². The van der Waals surface area contributed by atoms with E-state index in [4.69, 9.17) is 11.6 Å². The van der Waals surface area contributed by atoms with Crippen LogP contribution in [0, 0.1) is 0 Å². The second-order valence-corrected chi connectivity index (χ2v) is 4.40. The van der Waals surface area contributed by atoms with Crippen molar-refractivity contribution in [3.8, 4) is 0 Å². The highest BCUT2D eigenvalue weighted by Gasteiger charge is 2.24. The topological polar surface area (TPSA) is 29.1 Å². The molecule has 17 heavy (non-hydrogen) atoms. The summed E-state index contributed by atoms with van der Waals surface area (Å²) in [5.41, 5.74) is 3.38. The van der Waals surface area contributed by atoms with E-state index < -0.39 is 0 Å². The van der Waals surface area contributed by atoms with Gasteiger partial charge in [-0.15, -0.1) is 0 Å². The Morgan fingerprint density at radius 3 is 2.94 bits per heavy atom. The van der Waals surface area contributed by atoms with Gasteiger partial charge in [0.15, 0.2) is 5.78 Å². The predicted molar refractivity (Wildman–Crippen MR) is 69.7 cm³/mol. The summed E-state index contributed by atoms with van der Waals surface area (Å²) >= 11 is 6.17. The van der Waals surface area contributed by atoms with Gasteiger partial charge in [0.1, 0.15) is 0 Å². The van der Waals surface area contributed by atoms with Crippen LogP contribution in [0.15, 0.2) is 53.2 Å². The quantitative estimate of drug-likeness (QED) is 0.756. The number of hydrogen-bond acceptors (Lipinski definition) is 2. The fraction of sp³-hybridized carbons (Fsp3) is 0.0714. The number of halogens is 1. The number of anilines is 1. The number of benzene rings is 1. The first-order chi connectivity index (χ1) is 8.27. The Morgan fingerprint density at radius 2 is 2.06 bits per heavy atom. The highest BCUT2D eigenvalue weighted by Crippen LogP contribution is 2.37. The lowest BCUT2D eigenvalue weighted by atomic mass is 9.90. The lowest BCUT2D eigenvalue weighted by Gasteiger charge is -2.15. The van der Waals surface area contributed by atoms with E-state index in [0.717, 1.165) is 16.8 Å². The molecule has 0 spiro atoms. The van der Waals surface area contributed by atoms with Gasteiger partial charge in [0.2, 0.25) is 0 Å². The smallest absolute Gasteiger partial charge is 0.168 e. The average Bonchev–Trinajstić information content (AvgIpc) is 2.54. The average molecular weight is 244 g/mol. The van der Waals surface area contributed by atoms with E-state index >= 15 is 0 Å². The summed E-state index contributed by atoms with van der Waals surface area (Å²) in [6.07, 6.45) is 5.81. The SMILES string of the molecule is O=C1CC=C(Cl)C2=C1c1ccccc1NC=C2. The van der Waals surface area contributed by atoms with Crippen molar-refractivity contribution in [2.45, 2.75) is 6.42 Å². The van der Waals surface area contributed by atoms with Gasteiger partial charge < -0.3 is 5.32 Å². The number of rotatable bonds is 0. The molecule has 2 aliphatic rings. The zero-order valence-electron chi connectivity index (χ0n) is 9.03. The first-order valence-electron chi connectivity index (χ1n) is 5.43. The van der Waals surface area contributed by atoms with Gasteiger partial charge in [0.05, 0.1) is 0 Å². The number of para-hydroxylation sites is 1. The van der Waals surface area contributed by atoms with E-state index in [0.29, 0.717) is 17.0 Å². The molecule has 1 aromatic carbocycles. The van der Waals surface area contributed by atoms with E-state index in [1.165, 1.54) is 0 Å². The third kappa shape index (κ3) is 1.61. The molecule has 0 saturated heterocycles. The lowest BCUT2D eigenvalue weighted by Crippen LogP contribution is -2.08. The van der Waals surface area contributed by atoms with Crippen molar-refractivity contribution in [1.29, 1.82) is 0 Å². The molecule has 0 saturated carbocycles. The maximum absolute atomic E-state index is 12.1. The van der Waals surface area contributed by atoms with Crippen LogP contribution in [0.25, 0.3) is 5.57 Å². The van der Waals surface area contributed by atoms with Crippen molar-refractivity contribution >= 4 is 28.6 Å². The van der Waals surface area contributed by atoms with Crippen molar-refractivity contribution in [3.05, 3.63) is 58.8 Å². The molecule has 1 heterocycles. The Kier molecular flexibility index (Phi) is 2.37. The molecule has 3 rings (SSSR count). The van der Waals surface area contributed by atoms with Crippen LogP contribution in [0.3, 0.4) is 0 Å². The fourth-order valence-corrected chi connectivity index (χ4v) is 2.40. The molecular weight excluding hydrogens is 234 g/mol. The maximum atomic E-state index is 12.1. The summed E-state index contributed by atoms with van der Waals surface area (Å²) in [4.78, 5) is 12.1. The lowest BCUT2D eigenvalue weighted by molar-refractivity contribution is -0.113. The van der Waals surface area contributed by atoms with Crippen LogP contribution in [0.2, 0.25) is 0 Å². The summed E-state index contributed by atoms with van der Waals surface area (Å²) < 4.78 is 0. The van der Waals surface area contributed by atoms with Crippen LogP contribution in [0.5, 0.6) is 0 Å². The normalized spacial score (nSPS) is 17.9. The Hall–Kier alpha value is -1.80. The molecule has 84 valence electrons. The Labute approximate surface area is 104 Å². The number of fused-ring (bicyclic) bond motifs is 2. The van der Waals surface area contributed by atoms with E-state index in [9.17, 15) is 4.79 Å². The van der Waals surface area contributed by atoms with Crippen LogP contribution in [-0.4, -0.2) is 5.78 Å². The molecule has 3 heteroatoms. The number of ketones is 1. The summed E-state index contributed by atoms with van der Waals surface area (Å²) in [6.45, 7) is 0. The van der Waals surface area contributed by atoms with Gasteiger partial charge in [-0.05, 0) is 12.1 Å². The first kappa shape index (κ1) is 10.4. The van der Waals surface area contributed by atoms with Gasteiger partial charge in [-0.25, -0.2) is 0 Å². The van der Waals surface area contributed by atoms with Crippen LogP contribution < -0.4 is 5.32 Å². The molecule has 1 N–H and O–H groups in total. The van der Waals surface area contributed by atoms with Crippen molar-refractivity contribution in [2.24, 2.45) is 0 Å². The maximum Gasteiger partial charge on any atom is 0.168 e. The molecule has 2 nitrogen and oxygen atoms in total. The third-order valence-corrected chi connectivity index (χ3v) is 3.32. The number of allylic oxidation sites excluding steroid dienone is 5. The number of Topliss-reactive ketones (excluding diaryl/α,β-unsaturated/α-hetero) is 1. The van der Waals surface area contributed by atoms with E-state index in [1.54, 1.807) is 6.08 Å². The van der Waals surface area contributed by atoms with Gasteiger partial charge in [-0.2, -0.15) is 0 Å². The second-order valence-electron chi connectivity index (χ2n) is 3.99. The Morgan fingerprint density at radius 1 is 1.24 bits per heavy atom. The second kappa shape index (κ2) is 3.90. The van der Waals surface area contributed by atoms with Crippen LogP contribution >= 0.6 is 11.6 Å². The number of carbonyl (C=O) groups is 1. The van der Waals surface area contributed by atoms with E-state index in [-0.39, 0.29) is 5.78 Å². The molecule has 0 radical (unpaired) electrons. The molecule has 0 aromatic heterocycles. The minimum absolute atomic E-state index is 0.116. The number of nitrogens with one attached hydrogen (secondary N) is 1. The van der Waals surface area contributed by atoms with Crippen molar-refractivity contribution < 1.29 is 4.79 Å².